The van der Waals surface area contributed by atoms with Gasteiger partial charge in [-0.2, -0.15) is 0 Å². The van der Waals surface area contributed by atoms with Crippen LogP contribution in [-0.2, 0) is 11.2 Å². The summed E-state index contributed by atoms with van der Waals surface area (Å²) in [5, 5.41) is 14.7. The lowest BCUT2D eigenvalue weighted by Gasteiger charge is -2.08. The van der Waals surface area contributed by atoms with Crippen LogP contribution >= 0.6 is 0 Å². The first-order valence-electron chi connectivity index (χ1n) is 5.32. The van der Waals surface area contributed by atoms with Crippen molar-refractivity contribution in [2.75, 3.05) is 5.32 Å². The normalized spacial score (nSPS) is 16.3. The van der Waals surface area contributed by atoms with Crippen molar-refractivity contribution < 1.29 is 10.0 Å². The molecule has 0 bridgehead atoms. The Morgan fingerprint density at radius 3 is 3.00 bits per heavy atom. The number of carbonyl (C=O) groups excluding carboxylic acids is 1. The SMILES string of the molecule is C/C(=N\O)c1ccc2c(c1)CCCC(=O)N2. The smallest absolute Gasteiger partial charge is 0.224 e. The molecule has 0 spiro atoms. The molecule has 1 heterocycles. The summed E-state index contributed by atoms with van der Waals surface area (Å²) >= 11 is 0. The van der Waals surface area contributed by atoms with Crippen LogP contribution in [0.1, 0.15) is 30.9 Å². The van der Waals surface area contributed by atoms with Crippen LogP contribution in [0.25, 0.3) is 0 Å². The van der Waals surface area contributed by atoms with E-state index in [-0.39, 0.29) is 5.91 Å². The van der Waals surface area contributed by atoms with Gasteiger partial charge >= 0.3 is 0 Å². The number of rotatable bonds is 1. The van der Waals surface area contributed by atoms with Crippen LogP contribution in [0.2, 0.25) is 0 Å². The molecule has 1 amide bonds. The molecular weight excluding hydrogens is 204 g/mol. The van der Waals surface area contributed by atoms with Crippen molar-refractivity contribution in [2.24, 2.45) is 5.16 Å². The molecule has 0 fully saturated rings. The number of nitrogens with one attached hydrogen (secondary N) is 1. The molecule has 4 heteroatoms. The van der Waals surface area contributed by atoms with Crippen molar-refractivity contribution in [1.29, 1.82) is 0 Å². The fourth-order valence-corrected chi connectivity index (χ4v) is 1.86. The molecule has 2 rings (SSSR count). The molecule has 1 aliphatic heterocycles. The number of aryl methyl sites for hydroxylation is 1. The Morgan fingerprint density at radius 2 is 2.25 bits per heavy atom. The Labute approximate surface area is 94.0 Å². The molecule has 4 nitrogen and oxygen atoms in total. The van der Waals surface area contributed by atoms with Crippen molar-refractivity contribution in [3.63, 3.8) is 0 Å². The van der Waals surface area contributed by atoms with Gasteiger partial charge in [-0.3, -0.25) is 4.79 Å². The van der Waals surface area contributed by atoms with E-state index in [0.29, 0.717) is 12.1 Å². The Bertz CT molecular complexity index is 452. The van der Waals surface area contributed by atoms with Gasteiger partial charge < -0.3 is 10.5 Å². The quantitative estimate of drug-likeness (QED) is 0.431. The van der Waals surface area contributed by atoms with Crippen LogP contribution in [0.3, 0.4) is 0 Å². The zero-order valence-electron chi connectivity index (χ0n) is 9.16. The van der Waals surface area contributed by atoms with E-state index in [4.69, 9.17) is 5.21 Å². The number of amides is 1. The summed E-state index contributed by atoms with van der Waals surface area (Å²) in [7, 11) is 0. The van der Waals surface area contributed by atoms with Crippen LogP contribution in [0.4, 0.5) is 5.69 Å². The van der Waals surface area contributed by atoms with E-state index in [0.717, 1.165) is 29.7 Å². The summed E-state index contributed by atoms with van der Waals surface area (Å²) in [6, 6.07) is 5.68. The van der Waals surface area contributed by atoms with Crippen LogP contribution in [-0.4, -0.2) is 16.8 Å². The number of benzene rings is 1. The average Bonchev–Trinajstić information content (AvgIpc) is 2.47. The molecule has 16 heavy (non-hydrogen) atoms. The van der Waals surface area contributed by atoms with Gasteiger partial charge in [-0.1, -0.05) is 11.2 Å². The minimum atomic E-state index is 0.0686. The zero-order valence-corrected chi connectivity index (χ0v) is 9.16. The monoisotopic (exact) mass is 218 g/mol. The third-order valence-corrected chi connectivity index (χ3v) is 2.80. The standard InChI is InChI=1S/C12H14N2O2/c1-8(14-16)9-5-6-11-10(7-9)3-2-4-12(15)13-11/h5-7,16H,2-4H2,1H3,(H,13,15)/b14-8+. The first-order valence-corrected chi connectivity index (χ1v) is 5.32. The van der Waals surface area contributed by atoms with Gasteiger partial charge in [-0.15, -0.1) is 0 Å². The van der Waals surface area contributed by atoms with Gasteiger partial charge in [0.15, 0.2) is 0 Å². The number of hydrogen-bond acceptors (Lipinski definition) is 3. The van der Waals surface area contributed by atoms with Gasteiger partial charge in [0.25, 0.3) is 0 Å². The van der Waals surface area contributed by atoms with E-state index in [1.165, 1.54) is 0 Å². The molecule has 0 aromatic heterocycles. The van der Waals surface area contributed by atoms with Crippen molar-refractivity contribution in [2.45, 2.75) is 26.2 Å². The molecule has 0 atom stereocenters. The second-order valence-electron chi connectivity index (χ2n) is 3.96. The molecule has 0 saturated heterocycles. The number of fused-ring (bicyclic) bond motifs is 1. The molecular formula is C12H14N2O2. The van der Waals surface area contributed by atoms with Crippen molar-refractivity contribution >= 4 is 17.3 Å². The Kier molecular flexibility index (Phi) is 2.90. The van der Waals surface area contributed by atoms with E-state index >= 15 is 0 Å². The Hall–Kier alpha value is -1.84. The van der Waals surface area contributed by atoms with E-state index in [2.05, 4.69) is 10.5 Å². The first-order chi connectivity index (χ1) is 7.70. The van der Waals surface area contributed by atoms with Crippen LogP contribution in [0, 0.1) is 0 Å². The lowest BCUT2D eigenvalue weighted by molar-refractivity contribution is -0.116. The molecule has 0 radical (unpaired) electrons. The number of nitrogens with zero attached hydrogens (tertiary/aromatic N) is 1. The summed E-state index contributed by atoms with van der Waals surface area (Å²) in [6.07, 6.45) is 2.30. The summed E-state index contributed by atoms with van der Waals surface area (Å²) in [5.41, 5.74) is 3.44. The van der Waals surface area contributed by atoms with Gasteiger partial charge in [0, 0.05) is 12.1 Å². The summed E-state index contributed by atoms with van der Waals surface area (Å²) < 4.78 is 0. The minimum absolute atomic E-state index is 0.0686. The van der Waals surface area contributed by atoms with Gasteiger partial charge in [0.05, 0.1) is 5.71 Å². The molecule has 1 aromatic carbocycles. The fraction of sp³-hybridized carbons (Fsp3) is 0.333. The van der Waals surface area contributed by atoms with E-state index in [1.54, 1.807) is 6.92 Å². The summed E-state index contributed by atoms with van der Waals surface area (Å²) in [5.74, 6) is 0.0686. The average molecular weight is 218 g/mol. The highest BCUT2D eigenvalue weighted by Gasteiger charge is 2.13. The van der Waals surface area contributed by atoms with Crippen LogP contribution < -0.4 is 5.32 Å². The van der Waals surface area contributed by atoms with E-state index < -0.39 is 0 Å². The van der Waals surface area contributed by atoms with Gasteiger partial charge in [-0.25, -0.2) is 0 Å². The highest BCUT2D eigenvalue weighted by molar-refractivity contribution is 5.99. The maximum absolute atomic E-state index is 11.3. The number of oxime groups is 1. The maximum Gasteiger partial charge on any atom is 0.224 e. The molecule has 84 valence electrons. The van der Waals surface area contributed by atoms with Crippen molar-refractivity contribution in [1.82, 2.24) is 0 Å². The molecule has 0 unspecified atom stereocenters. The third-order valence-electron chi connectivity index (χ3n) is 2.80. The third kappa shape index (κ3) is 2.05. The molecule has 2 N–H and O–H groups in total. The highest BCUT2D eigenvalue weighted by Crippen LogP contribution is 2.23. The maximum atomic E-state index is 11.3. The van der Waals surface area contributed by atoms with Crippen molar-refractivity contribution in [3.05, 3.63) is 29.3 Å². The minimum Gasteiger partial charge on any atom is -0.411 e. The molecule has 0 aliphatic carbocycles. The summed E-state index contributed by atoms with van der Waals surface area (Å²) in [4.78, 5) is 11.3. The zero-order chi connectivity index (χ0) is 11.5. The number of anilines is 1. The molecule has 1 aliphatic rings. The number of carbonyl (C=O) groups is 1. The van der Waals surface area contributed by atoms with E-state index in [9.17, 15) is 4.79 Å². The second-order valence-corrected chi connectivity index (χ2v) is 3.96. The second kappa shape index (κ2) is 4.35. The fourth-order valence-electron chi connectivity index (χ4n) is 1.86. The van der Waals surface area contributed by atoms with Crippen LogP contribution in [0.5, 0.6) is 0 Å². The topological polar surface area (TPSA) is 61.7 Å². The Morgan fingerprint density at radius 1 is 1.44 bits per heavy atom. The van der Waals surface area contributed by atoms with E-state index in [1.807, 2.05) is 18.2 Å². The van der Waals surface area contributed by atoms with Gasteiger partial charge in [-0.05, 0) is 43.0 Å². The van der Waals surface area contributed by atoms with Crippen molar-refractivity contribution in [3.8, 4) is 0 Å². The first kappa shape index (κ1) is 10.7. The number of hydrogen-bond donors (Lipinski definition) is 2. The molecule has 0 saturated carbocycles. The van der Waals surface area contributed by atoms with Gasteiger partial charge in [0.1, 0.15) is 0 Å². The largest absolute Gasteiger partial charge is 0.411 e. The highest BCUT2D eigenvalue weighted by atomic mass is 16.4. The lowest BCUT2D eigenvalue weighted by atomic mass is 10.0. The molecule has 1 aromatic rings. The van der Waals surface area contributed by atoms with Crippen LogP contribution in [0.15, 0.2) is 23.4 Å². The lowest BCUT2D eigenvalue weighted by Crippen LogP contribution is -2.09. The predicted molar refractivity (Wildman–Crippen MR) is 62.0 cm³/mol. The summed E-state index contributed by atoms with van der Waals surface area (Å²) in [6.45, 7) is 1.75. The predicted octanol–water partition coefficient (Wildman–Crippen LogP) is 2.16. The van der Waals surface area contributed by atoms with Gasteiger partial charge in [0.2, 0.25) is 5.91 Å². The Balaban J connectivity index is 2.39.